The molecule has 1 unspecified atom stereocenters. The first-order valence-electron chi connectivity index (χ1n) is 8.18. The summed E-state index contributed by atoms with van der Waals surface area (Å²) >= 11 is 0. The number of rotatable bonds is 2. The Hall–Kier alpha value is -2.31. The Morgan fingerprint density at radius 1 is 0.885 bits per heavy atom. The number of benzene rings is 2. The van der Waals surface area contributed by atoms with E-state index in [1.54, 1.807) is 0 Å². The third-order valence-corrected chi connectivity index (χ3v) is 5.21. The van der Waals surface area contributed by atoms with Crippen molar-refractivity contribution in [3.05, 3.63) is 59.2 Å². The second kappa shape index (κ2) is 6.45. The van der Waals surface area contributed by atoms with E-state index in [4.69, 9.17) is 0 Å². The molecule has 0 spiro atoms. The minimum Gasteiger partial charge on any atom is -0.505 e. The Balaban J connectivity index is 2.17. The van der Waals surface area contributed by atoms with Crippen LogP contribution in [0.2, 0.25) is 0 Å². The van der Waals surface area contributed by atoms with E-state index in [0.29, 0.717) is 0 Å². The lowest BCUT2D eigenvalue weighted by Crippen LogP contribution is -2.39. The maximum absolute atomic E-state index is 13.9. The minimum atomic E-state index is -4.42. The van der Waals surface area contributed by atoms with Crippen molar-refractivity contribution in [3.63, 3.8) is 0 Å². The highest BCUT2D eigenvalue weighted by Crippen LogP contribution is 2.51. The Morgan fingerprint density at radius 3 is 1.81 bits per heavy atom. The van der Waals surface area contributed by atoms with Gasteiger partial charge in [-0.05, 0) is 54.7 Å². The van der Waals surface area contributed by atoms with Crippen LogP contribution in [0.1, 0.15) is 36.8 Å². The molecule has 0 bridgehead atoms. The molecule has 0 saturated heterocycles. The summed E-state index contributed by atoms with van der Waals surface area (Å²) in [5.74, 6) is -4.72. The largest absolute Gasteiger partial charge is 0.505 e. The molecule has 0 aromatic heterocycles. The lowest BCUT2D eigenvalue weighted by atomic mass is 9.62. The van der Waals surface area contributed by atoms with Gasteiger partial charge in [-0.2, -0.15) is 13.2 Å². The molecule has 2 N–H and O–H groups in total. The van der Waals surface area contributed by atoms with Crippen LogP contribution in [0, 0.1) is 17.6 Å². The summed E-state index contributed by atoms with van der Waals surface area (Å²) in [6.45, 7) is 0. The second-order valence-electron chi connectivity index (χ2n) is 6.75. The quantitative estimate of drug-likeness (QED) is 0.692. The van der Waals surface area contributed by atoms with Crippen molar-refractivity contribution < 1.29 is 32.2 Å². The first-order valence-corrected chi connectivity index (χ1v) is 8.18. The molecule has 26 heavy (non-hydrogen) atoms. The molecule has 0 aliphatic heterocycles. The van der Waals surface area contributed by atoms with Gasteiger partial charge in [0.2, 0.25) is 0 Å². The van der Waals surface area contributed by atoms with Crippen molar-refractivity contribution in [2.24, 2.45) is 5.92 Å². The zero-order valence-electron chi connectivity index (χ0n) is 13.7. The molecule has 1 atom stereocenters. The molecule has 0 radical (unpaired) electrons. The molecule has 0 heterocycles. The van der Waals surface area contributed by atoms with Crippen LogP contribution in [0.4, 0.5) is 22.0 Å². The number of alkyl halides is 3. The molecular weight excluding hydrogens is 355 g/mol. The topological polar surface area (TPSA) is 40.5 Å². The van der Waals surface area contributed by atoms with E-state index in [2.05, 4.69) is 0 Å². The Kier molecular flexibility index (Phi) is 4.58. The van der Waals surface area contributed by atoms with E-state index in [9.17, 15) is 32.2 Å². The summed E-state index contributed by atoms with van der Waals surface area (Å²) in [5.41, 5.74) is -0.777. The molecule has 3 rings (SSSR count). The zero-order valence-corrected chi connectivity index (χ0v) is 13.7. The SMILES string of the molecule is Oc1ccc(C2(c3ccc(O)c(F)c3)CCCC(C(F)(F)F)C2)cc1F. The summed E-state index contributed by atoms with van der Waals surface area (Å²) in [4.78, 5) is 0. The average Bonchev–Trinajstić information content (AvgIpc) is 2.59. The summed E-state index contributed by atoms with van der Waals surface area (Å²) in [7, 11) is 0. The number of aromatic hydroxyl groups is 2. The maximum atomic E-state index is 13.9. The molecule has 1 aliphatic rings. The molecule has 2 aromatic rings. The third-order valence-electron chi connectivity index (χ3n) is 5.21. The predicted octanol–water partition coefficient (Wildman–Crippen LogP) is 5.41. The predicted molar refractivity (Wildman–Crippen MR) is 84.9 cm³/mol. The summed E-state index contributed by atoms with van der Waals surface area (Å²) < 4.78 is 67.9. The van der Waals surface area contributed by atoms with Crippen LogP contribution in [-0.2, 0) is 5.41 Å². The van der Waals surface area contributed by atoms with Gasteiger partial charge in [0.05, 0.1) is 5.92 Å². The van der Waals surface area contributed by atoms with E-state index in [1.807, 2.05) is 0 Å². The van der Waals surface area contributed by atoms with Crippen molar-refractivity contribution in [1.29, 1.82) is 0 Å². The van der Waals surface area contributed by atoms with Crippen LogP contribution < -0.4 is 0 Å². The fourth-order valence-corrected chi connectivity index (χ4v) is 3.85. The second-order valence-corrected chi connectivity index (χ2v) is 6.75. The van der Waals surface area contributed by atoms with Crippen molar-refractivity contribution in [1.82, 2.24) is 0 Å². The van der Waals surface area contributed by atoms with E-state index in [-0.39, 0.29) is 36.8 Å². The van der Waals surface area contributed by atoms with E-state index >= 15 is 0 Å². The Morgan fingerprint density at radius 2 is 1.38 bits per heavy atom. The molecule has 140 valence electrons. The number of halogens is 5. The molecule has 7 heteroatoms. The molecule has 0 amide bonds. The lowest BCUT2D eigenvalue weighted by molar-refractivity contribution is -0.186. The normalized spacial score (nSPS) is 20.1. The van der Waals surface area contributed by atoms with Crippen molar-refractivity contribution in [2.75, 3.05) is 0 Å². The maximum Gasteiger partial charge on any atom is 0.391 e. The van der Waals surface area contributed by atoms with Gasteiger partial charge in [-0.3, -0.25) is 0 Å². The van der Waals surface area contributed by atoms with Crippen LogP contribution in [-0.4, -0.2) is 16.4 Å². The van der Waals surface area contributed by atoms with Crippen molar-refractivity contribution in [2.45, 2.75) is 37.3 Å². The monoisotopic (exact) mass is 372 g/mol. The summed E-state index contributed by atoms with van der Waals surface area (Å²) in [6.07, 6.45) is -4.32. The van der Waals surface area contributed by atoms with Gasteiger partial charge in [0.15, 0.2) is 23.1 Å². The van der Waals surface area contributed by atoms with Gasteiger partial charge < -0.3 is 10.2 Å². The van der Waals surface area contributed by atoms with Gasteiger partial charge in [0, 0.05) is 5.41 Å². The number of phenolic OH excluding ortho intramolecular Hbond substituents is 2. The van der Waals surface area contributed by atoms with E-state index in [0.717, 1.165) is 24.3 Å². The van der Waals surface area contributed by atoms with E-state index < -0.39 is 40.6 Å². The Labute approximate surface area is 146 Å². The average molecular weight is 372 g/mol. The highest BCUT2D eigenvalue weighted by atomic mass is 19.4. The van der Waals surface area contributed by atoms with Gasteiger partial charge in [-0.25, -0.2) is 8.78 Å². The lowest BCUT2D eigenvalue weighted by Gasteiger charge is -2.42. The highest BCUT2D eigenvalue weighted by molar-refractivity contribution is 5.44. The van der Waals surface area contributed by atoms with Crippen LogP contribution in [0.25, 0.3) is 0 Å². The number of hydrogen-bond donors (Lipinski definition) is 2. The number of hydrogen-bond acceptors (Lipinski definition) is 2. The van der Waals surface area contributed by atoms with Gasteiger partial charge in [0.1, 0.15) is 0 Å². The fraction of sp³-hybridized carbons (Fsp3) is 0.368. The van der Waals surface area contributed by atoms with E-state index in [1.165, 1.54) is 12.1 Å². The van der Waals surface area contributed by atoms with Gasteiger partial charge in [-0.1, -0.05) is 18.6 Å². The van der Waals surface area contributed by atoms with Crippen molar-refractivity contribution >= 4 is 0 Å². The van der Waals surface area contributed by atoms with Gasteiger partial charge >= 0.3 is 6.18 Å². The summed E-state index contributed by atoms with van der Waals surface area (Å²) in [6, 6.07) is 6.89. The van der Waals surface area contributed by atoms with Gasteiger partial charge in [-0.15, -0.1) is 0 Å². The molecule has 1 saturated carbocycles. The molecular formula is C19H17F5O2. The first kappa shape index (κ1) is 18.5. The summed E-state index contributed by atoms with van der Waals surface area (Å²) in [5, 5.41) is 18.8. The molecule has 1 fully saturated rings. The third kappa shape index (κ3) is 3.22. The van der Waals surface area contributed by atoms with Crippen LogP contribution in [0.15, 0.2) is 36.4 Å². The van der Waals surface area contributed by atoms with Crippen LogP contribution >= 0.6 is 0 Å². The minimum absolute atomic E-state index is 0.0492. The molecule has 2 nitrogen and oxygen atoms in total. The van der Waals surface area contributed by atoms with Crippen molar-refractivity contribution in [3.8, 4) is 11.5 Å². The molecule has 2 aromatic carbocycles. The number of phenols is 2. The first-order chi connectivity index (χ1) is 12.1. The smallest absolute Gasteiger partial charge is 0.391 e. The van der Waals surface area contributed by atoms with Crippen LogP contribution in [0.5, 0.6) is 11.5 Å². The fourth-order valence-electron chi connectivity index (χ4n) is 3.85. The standard InChI is InChI=1S/C19H17F5O2/c20-14-8-11(3-5-16(14)25)18(12-4-6-17(26)15(21)9-12)7-1-2-13(10-18)19(22,23)24/h3-6,8-9,13,25-26H,1-2,7,10H2. The Bertz CT molecular complexity index is 765. The van der Waals surface area contributed by atoms with Gasteiger partial charge in [0.25, 0.3) is 0 Å². The van der Waals surface area contributed by atoms with Crippen LogP contribution in [0.3, 0.4) is 0 Å². The molecule has 1 aliphatic carbocycles. The highest BCUT2D eigenvalue weighted by Gasteiger charge is 2.49. The zero-order chi connectivity index (χ0) is 19.1.